The van der Waals surface area contributed by atoms with Crippen molar-refractivity contribution in [3.63, 3.8) is 0 Å². The highest BCUT2D eigenvalue weighted by atomic mass is 32.2. The molecule has 2 aliphatic heterocycles. The summed E-state index contributed by atoms with van der Waals surface area (Å²) in [7, 11) is 0. The van der Waals surface area contributed by atoms with Gasteiger partial charge in [-0.2, -0.15) is 0 Å². The first-order valence-corrected chi connectivity index (χ1v) is 10.6. The zero-order valence-electron chi connectivity index (χ0n) is 16.8. The van der Waals surface area contributed by atoms with Gasteiger partial charge in [0.25, 0.3) is 11.8 Å². The molecule has 1 aromatic carbocycles. The number of fused-ring (bicyclic) bond motifs is 1. The van der Waals surface area contributed by atoms with E-state index in [0.717, 1.165) is 0 Å². The molecule has 10 nitrogen and oxygen atoms in total. The molecule has 2 aromatic rings. The molecule has 4 N–H and O–H groups in total. The maximum atomic E-state index is 13.1. The second kappa shape index (κ2) is 8.71. The first-order chi connectivity index (χ1) is 15.3. The summed E-state index contributed by atoms with van der Waals surface area (Å²) in [6, 6.07) is 12.4. The van der Waals surface area contributed by atoms with E-state index >= 15 is 0 Å². The van der Waals surface area contributed by atoms with Crippen molar-refractivity contribution in [3.8, 4) is 5.75 Å². The van der Waals surface area contributed by atoms with Gasteiger partial charge >= 0.3 is 5.97 Å². The first kappa shape index (κ1) is 21.4. The maximum absolute atomic E-state index is 13.1. The van der Waals surface area contributed by atoms with Crippen molar-refractivity contribution in [1.29, 1.82) is 0 Å². The summed E-state index contributed by atoms with van der Waals surface area (Å²) in [5.74, 6) is -1.82. The first-order valence-electron chi connectivity index (χ1n) is 9.62. The number of benzene rings is 1. The SMILES string of the molecule is CC1C=C(C(=O)O)N2C(=O)C(NC(=O)C(=NOc3ccccc3)c3cccc(N)n3)[C@@H]2S1. The molecule has 1 fully saturated rings. The van der Waals surface area contributed by atoms with Crippen LogP contribution in [-0.2, 0) is 14.4 Å². The van der Waals surface area contributed by atoms with Gasteiger partial charge in [0.1, 0.15) is 28.6 Å². The Bertz CT molecular complexity index is 1140. The predicted octanol–water partition coefficient (Wildman–Crippen LogP) is 1.20. The summed E-state index contributed by atoms with van der Waals surface area (Å²) in [5.41, 5.74) is 5.65. The van der Waals surface area contributed by atoms with Crippen LogP contribution in [0, 0.1) is 0 Å². The van der Waals surface area contributed by atoms with Crippen LogP contribution in [0.25, 0.3) is 0 Å². The fourth-order valence-corrected chi connectivity index (χ4v) is 4.63. The van der Waals surface area contributed by atoms with Crippen LogP contribution in [0.5, 0.6) is 5.75 Å². The lowest BCUT2D eigenvalue weighted by molar-refractivity contribution is -0.150. The highest BCUT2D eigenvalue weighted by Crippen LogP contribution is 2.40. The minimum absolute atomic E-state index is 0.0875. The molecule has 2 unspecified atom stereocenters. The molecule has 0 bridgehead atoms. The summed E-state index contributed by atoms with van der Waals surface area (Å²) in [5, 5.41) is 15.3. The number of hydrogen-bond acceptors (Lipinski definition) is 8. The summed E-state index contributed by atoms with van der Waals surface area (Å²) in [4.78, 5) is 47.9. The third-order valence-corrected chi connectivity index (χ3v) is 6.10. The van der Waals surface area contributed by atoms with E-state index in [1.807, 2.05) is 6.92 Å². The molecule has 4 rings (SSSR count). The van der Waals surface area contributed by atoms with Gasteiger partial charge in [0.05, 0.1) is 0 Å². The normalized spacial score (nSPS) is 22.3. The van der Waals surface area contributed by atoms with E-state index in [2.05, 4.69) is 15.5 Å². The van der Waals surface area contributed by atoms with E-state index in [0.29, 0.717) is 5.75 Å². The number of carbonyl (C=O) groups is 3. The number of carbonyl (C=O) groups excluding carboxylic acids is 2. The van der Waals surface area contributed by atoms with Crippen LogP contribution in [0.15, 0.2) is 65.5 Å². The molecular formula is C21H19N5O5S. The number of amides is 2. The topological polar surface area (TPSA) is 147 Å². The second-order valence-electron chi connectivity index (χ2n) is 7.04. The molecule has 32 heavy (non-hydrogen) atoms. The lowest BCUT2D eigenvalue weighted by atomic mass is 10.0. The smallest absolute Gasteiger partial charge is 0.352 e. The standard InChI is InChI=1S/C21H19N5O5S/c1-11-10-14(21(29)30)26-19(28)17(20(26)32-11)24-18(27)16(13-8-5-9-15(22)23-13)25-31-12-6-3-2-4-7-12/h2-11,17,20H,1H3,(H2,22,23)(H,24,27)(H,29,30)/t11?,17?,20-/m0/s1. The van der Waals surface area contributed by atoms with E-state index in [-0.39, 0.29) is 28.2 Å². The number of thioether (sulfide) groups is 1. The average Bonchev–Trinajstić information content (AvgIpc) is 2.77. The lowest BCUT2D eigenvalue weighted by Gasteiger charge is -2.49. The molecule has 1 saturated heterocycles. The second-order valence-corrected chi connectivity index (χ2v) is 8.54. The number of rotatable bonds is 6. The molecule has 164 valence electrons. The molecule has 0 aliphatic carbocycles. The van der Waals surface area contributed by atoms with Crippen LogP contribution in [0.3, 0.4) is 0 Å². The third kappa shape index (κ3) is 4.14. The van der Waals surface area contributed by atoms with Crippen LogP contribution in [-0.4, -0.2) is 55.2 Å². The number of hydrogen-bond donors (Lipinski definition) is 3. The number of aliphatic carboxylic acids is 1. The van der Waals surface area contributed by atoms with Gasteiger partial charge in [0.15, 0.2) is 11.5 Å². The fourth-order valence-electron chi connectivity index (χ4n) is 3.31. The minimum atomic E-state index is -1.19. The Hall–Kier alpha value is -3.86. The van der Waals surface area contributed by atoms with Crippen molar-refractivity contribution in [2.24, 2.45) is 5.16 Å². The van der Waals surface area contributed by atoms with Crippen LogP contribution < -0.4 is 15.9 Å². The Morgan fingerprint density at radius 2 is 1.97 bits per heavy atom. The zero-order chi connectivity index (χ0) is 22.8. The summed E-state index contributed by atoms with van der Waals surface area (Å²) >= 11 is 1.38. The molecule has 2 aliphatic rings. The minimum Gasteiger partial charge on any atom is -0.477 e. The van der Waals surface area contributed by atoms with Gasteiger partial charge in [-0.15, -0.1) is 11.8 Å². The molecule has 0 spiro atoms. The number of carboxylic acids is 1. The summed E-state index contributed by atoms with van der Waals surface area (Å²) in [6.45, 7) is 1.82. The number of nitrogens with zero attached hydrogens (tertiary/aromatic N) is 3. The van der Waals surface area contributed by atoms with Crippen molar-refractivity contribution in [2.75, 3.05) is 5.73 Å². The van der Waals surface area contributed by atoms with E-state index in [9.17, 15) is 19.5 Å². The number of nitrogen functional groups attached to an aromatic ring is 1. The molecule has 3 heterocycles. The molecule has 0 radical (unpaired) electrons. The maximum Gasteiger partial charge on any atom is 0.352 e. The summed E-state index contributed by atoms with van der Waals surface area (Å²) in [6.07, 6.45) is 1.51. The molecule has 1 aromatic heterocycles. The quantitative estimate of drug-likeness (QED) is 0.336. The van der Waals surface area contributed by atoms with Crippen molar-refractivity contribution in [3.05, 3.63) is 66.0 Å². The zero-order valence-corrected chi connectivity index (χ0v) is 17.7. The Kier molecular flexibility index (Phi) is 5.82. The number of β-lactam (4-membered cyclic amide) rings is 1. The monoisotopic (exact) mass is 453 g/mol. The predicted molar refractivity (Wildman–Crippen MR) is 118 cm³/mol. The van der Waals surface area contributed by atoms with Crippen molar-refractivity contribution in [1.82, 2.24) is 15.2 Å². The van der Waals surface area contributed by atoms with Crippen LogP contribution >= 0.6 is 11.8 Å². The fraction of sp³-hybridized carbons (Fsp3) is 0.190. The van der Waals surface area contributed by atoms with Gasteiger partial charge in [-0.25, -0.2) is 9.78 Å². The van der Waals surface area contributed by atoms with E-state index in [1.54, 1.807) is 48.5 Å². The van der Waals surface area contributed by atoms with Gasteiger partial charge in [-0.3, -0.25) is 14.5 Å². The van der Waals surface area contributed by atoms with Gasteiger partial charge in [0, 0.05) is 5.25 Å². The van der Waals surface area contributed by atoms with Crippen LogP contribution in [0.2, 0.25) is 0 Å². The van der Waals surface area contributed by atoms with E-state index in [1.165, 1.54) is 22.7 Å². The number of pyridine rings is 1. The van der Waals surface area contributed by atoms with Crippen LogP contribution in [0.4, 0.5) is 5.82 Å². The van der Waals surface area contributed by atoms with Gasteiger partial charge in [-0.1, -0.05) is 29.4 Å². The Morgan fingerprint density at radius 3 is 2.66 bits per heavy atom. The average molecular weight is 453 g/mol. The van der Waals surface area contributed by atoms with Gasteiger partial charge < -0.3 is 21.0 Å². The molecule has 11 heteroatoms. The number of oxime groups is 1. The van der Waals surface area contributed by atoms with Gasteiger partial charge in [0.2, 0.25) is 0 Å². The number of carboxylic acid groups (broad SMARTS) is 1. The Balaban J connectivity index is 1.58. The lowest BCUT2D eigenvalue weighted by Crippen LogP contribution is -2.71. The third-order valence-electron chi connectivity index (χ3n) is 4.77. The largest absolute Gasteiger partial charge is 0.477 e. The number of para-hydroxylation sites is 1. The molecule has 2 amide bonds. The Labute approximate surface area is 187 Å². The number of anilines is 1. The highest BCUT2D eigenvalue weighted by molar-refractivity contribution is 8.00. The van der Waals surface area contributed by atoms with Crippen molar-refractivity contribution >= 4 is 41.1 Å². The molecule has 0 saturated carbocycles. The Morgan fingerprint density at radius 1 is 1.22 bits per heavy atom. The number of nitrogens with two attached hydrogens (primary N) is 1. The van der Waals surface area contributed by atoms with Crippen molar-refractivity contribution in [2.45, 2.75) is 23.6 Å². The van der Waals surface area contributed by atoms with Gasteiger partial charge in [-0.05, 0) is 37.3 Å². The van der Waals surface area contributed by atoms with E-state index in [4.69, 9.17) is 10.6 Å². The molecular weight excluding hydrogens is 434 g/mol. The van der Waals surface area contributed by atoms with E-state index < -0.39 is 29.2 Å². The molecule has 3 atom stereocenters. The van der Waals surface area contributed by atoms with Crippen molar-refractivity contribution < 1.29 is 24.3 Å². The highest BCUT2D eigenvalue weighted by Gasteiger charge is 2.54. The number of aromatic nitrogens is 1. The van der Waals surface area contributed by atoms with Crippen LogP contribution in [0.1, 0.15) is 12.6 Å². The summed E-state index contributed by atoms with van der Waals surface area (Å²) < 4.78 is 0. The number of nitrogens with one attached hydrogen (secondary N) is 1.